The van der Waals surface area contributed by atoms with Gasteiger partial charge in [-0.05, 0) is 37.9 Å². The first-order chi connectivity index (χ1) is 10.1. The van der Waals surface area contributed by atoms with Crippen molar-refractivity contribution in [3.63, 3.8) is 0 Å². The van der Waals surface area contributed by atoms with E-state index in [0.717, 1.165) is 13.0 Å². The van der Waals surface area contributed by atoms with E-state index >= 15 is 0 Å². The monoisotopic (exact) mass is 311 g/mol. The van der Waals surface area contributed by atoms with E-state index in [-0.39, 0.29) is 5.25 Å². The summed E-state index contributed by atoms with van der Waals surface area (Å²) in [6, 6.07) is 5.23. The summed E-state index contributed by atoms with van der Waals surface area (Å²) in [5.74, 6) is 1.15. The van der Waals surface area contributed by atoms with Gasteiger partial charge in [-0.1, -0.05) is 6.92 Å². The minimum Gasteiger partial charge on any atom is -0.486 e. The molecule has 1 heterocycles. The Balaban J connectivity index is 1.82. The lowest BCUT2D eigenvalue weighted by molar-refractivity contribution is 0.171. The molecule has 1 saturated carbocycles. The Morgan fingerprint density at radius 3 is 2.71 bits per heavy atom. The van der Waals surface area contributed by atoms with Gasteiger partial charge in [0.25, 0.3) is 0 Å². The molecule has 0 radical (unpaired) electrons. The maximum absolute atomic E-state index is 12.7. The molecule has 0 spiro atoms. The van der Waals surface area contributed by atoms with Crippen molar-refractivity contribution >= 4 is 9.84 Å². The van der Waals surface area contributed by atoms with Crippen LogP contribution in [0.15, 0.2) is 23.1 Å². The fourth-order valence-corrected chi connectivity index (χ4v) is 4.94. The highest BCUT2D eigenvalue weighted by atomic mass is 32.2. The Bertz CT molecular complexity index is 614. The number of benzene rings is 1. The highest BCUT2D eigenvalue weighted by Crippen LogP contribution is 2.36. The van der Waals surface area contributed by atoms with Gasteiger partial charge < -0.3 is 14.8 Å². The third kappa shape index (κ3) is 2.87. The van der Waals surface area contributed by atoms with Gasteiger partial charge in [0.15, 0.2) is 21.3 Å². The summed E-state index contributed by atoms with van der Waals surface area (Å²) in [5.41, 5.74) is 0. The largest absolute Gasteiger partial charge is 0.486 e. The van der Waals surface area contributed by atoms with Crippen molar-refractivity contribution in [1.82, 2.24) is 5.32 Å². The molecule has 1 fully saturated rings. The molecule has 0 bridgehead atoms. The van der Waals surface area contributed by atoms with Crippen LogP contribution in [0.1, 0.15) is 26.2 Å². The molecule has 1 aliphatic heterocycles. The molecule has 116 valence electrons. The highest BCUT2D eigenvalue weighted by Gasteiger charge is 2.35. The van der Waals surface area contributed by atoms with Crippen LogP contribution in [-0.2, 0) is 9.84 Å². The zero-order chi connectivity index (χ0) is 14.9. The van der Waals surface area contributed by atoms with Gasteiger partial charge >= 0.3 is 0 Å². The lowest BCUT2D eigenvalue weighted by Gasteiger charge is -2.20. The van der Waals surface area contributed by atoms with Crippen LogP contribution in [0.5, 0.6) is 11.5 Å². The molecular weight excluding hydrogens is 290 g/mol. The highest BCUT2D eigenvalue weighted by molar-refractivity contribution is 7.92. The van der Waals surface area contributed by atoms with Crippen LogP contribution < -0.4 is 14.8 Å². The van der Waals surface area contributed by atoms with Crippen LogP contribution in [0.3, 0.4) is 0 Å². The van der Waals surface area contributed by atoms with Crippen molar-refractivity contribution in [2.75, 3.05) is 19.8 Å². The lowest BCUT2D eigenvalue weighted by Crippen LogP contribution is -2.28. The molecular formula is C15H21NO4S. The quantitative estimate of drug-likeness (QED) is 0.918. The molecule has 5 nitrogen and oxygen atoms in total. The number of rotatable bonds is 4. The molecule has 2 atom stereocenters. The molecule has 6 heteroatoms. The Morgan fingerprint density at radius 2 is 1.95 bits per heavy atom. The fraction of sp³-hybridized carbons (Fsp3) is 0.600. The Hall–Kier alpha value is -1.27. The van der Waals surface area contributed by atoms with Crippen LogP contribution in [0, 0.1) is 0 Å². The molecule has 2 aliphatic rings. The zero-order valence-corrected chi connectivity index (χ0v) is 13.0. The number of nitrogens with one attached hydrogen (secondary N) is 1. The van der Waals surface area contributed by atoms with E-state index in [9.17, 15) is 8.42 Å². The smallest absolute Gasteiger partial charge is 0.181 e. The number of hydrogen-bond donors (Lipinski definition) is 1. The lowest BCUT2D eigenvalue weighted by atomic mass is 10.2. The summed E-state index contributed by atoms with van der Waals surface area (Å²) < 4.78 is 36.4. The third-order valence-electron chi connectivity index (χ3n) is 4.16. The molecule has 0 saturated heterocycles. The second-order valence-electron chi connectivity index (χ2n) is 5.54. The van der Waals surface area contributed by atoms with E-state index in [0.29, 0.717) is 48.5 Å². The number of fused-ring (bicyclic) bond motifs is 1. The molecule has 1 aliphatic carbocycles. The van der Waals surface area contributed by atoms with Crippen molar-refractivity contribution < 1.29 is 17.9 Å². The fourth-order valence-electron chi connectivity index (χ4n) is 3.09. The topological polar surface area (TPSA) is 64.6 Å². The van der Waals surface area contributed by atoms with Gasteiger partial charge in [0.05, 0.1) is 10.1 Å². The van der Waals surface area contributed by atoms with Crippen molar-refractivity contribution in [3.05, 3.63) is 18.2 Å². The standard InChI is InChI=1S/C15H21NO4S/c1-2-16-11-3-4-12(9-11)21(17,18)13-5-6-14-15(10-13)20-8-7-19-14/h5-6,10-12,16H,2-4,7-9H2,1H3. The van der Waals surface area contributed by atoms with Gasteiger partial charge in [-0.3, -0.25) is 0 Å². The maximum Gasteiger partial charge on any atom is 0.181 e. The molecule has 0 aromatic heterocycles. The van der Waals surface area contributed by atoms with Gasteiger partial charge in [0.1, 0.15) is 13.2 Å². The summed E-state index contributed by atoms with van der Waals surface area (Å²) in [7, 11) is -3.30. The van der Waals surface area contributed by atoms with E-state index in [1.165, 1.54) is 0 Å². The third-order valence-corrected chi connectivity index (χ3v) is 6.38. The van der Waals surface area contributed by atoms with Gasteiger partial charge in [-0.25, -0.2) is 8.42 Å². The Morgan fingerprint density at radius 1 is 1.19 bits per heavy atom. The molecule has 1 aromatic carbocycles. The van der Waals surface area contributed by atoms with E-state index in [1.54, 1.807) is 18.2 Å². The first-order valence-corrected chi connectivity index (χ1v) is 9.03. The SMILES string of the molecule is CCNC1CCC(S(=O)(=O)c2ccc3c(c2)OCCO3)C1. The summed E-state index contributed by atoms with van der Waals surface area (Å²) in [6.07, 6.45) is 2.32. The zero-order valence-electron chi connectivity index (χ0n) is 12.2. The van der Waals surface area contributed by atoms with Crippen molar-refractivity contribution in [2.45, 2.75) is 42.4 Å². The van der Waals surface area contributed by atoms with E-state index in [4.69, 9.17) is 9.47 Å². The maximum atomic E-state index is 12.7. The Kier molecular flexibility index (Phi) is 4.08. The van der Waals surface area contributed by atoms with Crippen molar-refractivity contribution in [3.8, 4) is 11.5 Å². The number of sulfone groups is 1. The molecule has 21 heavy (non-hydrogen) atoms. The van der Waals surface area contributed by atoms with Crippen LogP contribution >= 0.6 is 0 Å². The van der Waals surface area contributed by atoms with Crippen LogP contribution in [0.4, 0.5) is 0 Å². The molecule has 1 aromatic rings. The average molecular weight is 311 g/mol. The summed E-state index contributed by atoms with van der Waals surface area (Å²) in [5, 5.41) is 3.04. The van der Waals surface area contributed by atoms with Crippen LogP contribution in [-0.4, -0.2) is 39.5 Å². The summed E-state index contributed by atoms with van der Waals surface area (Å²) >= 11 is 0. The predicted octanol–water partition coefficient (Wildman–Crippen LogP) is 1.76. The molecule has 1 N–H and O–H groups in total. The first-order valence-electron chi connectivity index (χ1n) is 7.48. The number of ether oxygens (including phenoxy) is 2. The van der Waals surface area contributed by atoms with E-state index in [1.807, 2.05) is 6.92 Å². The Labute approximate surface area is 125 Å². The molecule has 3 rings (SSSR count). The van der Waals surface area contributed by atoms with E-state index < -0.39 is 9.84 Å². The molecule has 2 unspecified atom stereocenters. The summed E-state index contributed by atoms with van der Waals surface area (Å²) in [6.45, 7) is 3.89. The number of hydrogen-bond acceptors (Lipinski definition) is 5. The normalized spacial score (nSPS) is 25.0. The van der Waals surface area contributed by atoms with Gasteiger partial charge in [0, 0.05) is 12.1 Å². The van der Waals surface area contributed by atoms with Gasteiger partial charge in [0.2, 0.25) is 0 Å². The van der Waals surface area contributed by atoms with Crippen molar-refractivity contribution in [1.29, 1.82) is 0 Å². The minimum absolute atomic E-state index is 0.302. The van der Waals surface area contributed by atoms with E-state index in [2.05, 4.69) is 5.32 Å². The van der Waals surface area contributed by atoms with Gasteiger partial charge in [-0.2, -0.15) is 0 Å². The van der Waals surface area contributed by atoms with Crippen molar-refractivity contribution in [2.24, 2.45) is 0 Å². The average Bonchev–Trinajstić information content (AvgIpc) is 2.96. The van der Waals surface area contributed by atoms with Gasteiger partial charge in [-0.15, -0.1) is 0 Å². The minimum atomic E-state index is -3.30. The summed E-state index contributed by atoms with van der Waals surface area (Å²) in [4.78, 5) is 0.342. The predicted molar refractivity (Wildman–Crippen MR) is 79.7 cm³/mol. The molecule has 0 amide bonds. The van der Waals surface area contributed by atoms with Crippen LogP contribution in [0.25, 0.3) is 0 Å². The first kappa shape index (κ1) is 14.7. The second-order valence-corrected chi connectivity index (χ2v) is 7.77. The second kappa shape index (κ2) is 5.85. The van der Waals surface area contributed by atoms with Crippen LogP contribution in [0.2, 0.25) is 0 Å².